The van der Waals surface area contributed by atoms with Crippen LogP contribution in [-0.2, 0) is 15.2 Å². The van der Waals surface area contributed by atoms with Crippen LogP contribution in [0.5, 0.6) is 0 Å². The van der Waals surface area contributed by atoms with Crippen molar-refractivity contribution in [1.82, 2.24) is 0 Å². The monoisotopic (exact) mass is 370 g/mol. The molecule has 0 N–H and O–H groups in total. The predicted molar refractivity (Wildman–Crippen MR) is 57.2 cm³/mol. The molecule has 0 aliphatic carbocycles. The van der Waals surface area contributed by atoms with Gasteiger partial charge in [-0.25, -0.2) is 8.42 Å². The molecule has 0 aliphatic heterocycles. The van der Waals surface area contributed by atoms with E-state index in [2.05, 4.69) is 0 Å². The molecule has 0 radical (unpaired) electrons. The standard InChI is InChI=1S/C7H3ClF3IO2S/c8-15(13,14)4-1-2-6(12)5(3-4)7(9,10)11/h1-3H. The van der Waals surface area contributed by atoms with Gasteiger partial charge in [-0.15, -0.1) is 0 Å². The molecule has 8 heteroatoms. The predicted octanol–water partition coefficient (Wildman–Crippen LogP) is 3.24. The van der Waals surface area contributed by atoms with Crippen molar-refractivity contribution in [2.45, 2.75) is 11.1 Å². The Morgan fingerprint density at radius 2 is 1.80 bits per heavy atom. The van der Waals surface area contributed by atoms with Gasteiger partial charge < -0.3 is 0 Å². The Morgan fingerprint density at radius 1 is 1.27 bits per heavy atom. The molecule has 0 fully saturated rings. The number of hydrogen-bond donors (Lipinski definition) is 0. The first-order chi connectivity index (χ1) is 6.62. The summed E-state index contributed by atoms with van der Waals surface area (Å²) < 4.78 is 58.7. The van der Waals surface area contributed by atoms with E-state index in [4.69, 9.17) is 10.7 Å². The third-order valence-corrected chi connectivity index (χ3v) is 3.82. The first-order valence-corrected chi connectivity index (χ1v) is 6.82. The van der Waals surface area contributed by atoms with Crippen LogP contribution in [0, 0.1) is 3.57 Å². The topological polar surface area (TPSA) is 34.1 Å². The molecule has 0 saturated heterocycles. The van der Waals surface area contributed by atoms with Gasteiger partial charge >= 0.3 is 6.18 Å². The van der Waals surface area contributed by atoms with Crippen molar-refractivity contribution in [2.75, 3.05) is 0 Å². The number of halogens is 5. The molecule has 0 atom stereocenters. The highest BCUT2D eigenvalue weighted by molar-refractivity contribution is 14.1. The van der Waals surface area contributed by atoms with Gasteiger partial charge in [0.25, 0.3) is 9.05 Å². The van der Waals surface area contributed by atoms with E-state index in [0.717, 1.165) is 12.1 Å². The lowest BCUT2D eigenvalue weighted by molar-refractivity contribution is -0.138. The Morgan fingerprint density at radius 3 is 2.20 bits per heavy atom. The van der Waals surface area contributed by atoms with Crippen LogP contribution in [-0.4, -0.2) is 8.42 Å². The summed E-state index contributed by atoms with van der Waals surface area (Å²) in [6.45, 7) is 0. The first kappa shape index (κ1) is 13.0. The van der Waals surface area contributed by atoms with Crippen molar-refractivity contribution in [2.24, 2.45) is 0 Å². The van der Waals surface area contributed by atoms with Crippen molar-refractivity contribution in [3.8, 4) is 0 Å². The Labute approximate surface area is 102 Å². The third kappa shape index (κ3) is 3.22. The quantitative estimate of drug-likeness (QED) is 0.562. The van der Waals surface area contributed by atoms with Crippen molar-refractivity contribution >= 4 is 42.3 Å². The molecule has 0 heterocycles. The fraction of sp³-hybridized carbons (Fsp3) is 0.143. The third-order valence-electron chi connectivity index (χ3n) is 1.52. The van der Waals surface area contributed by atoms with Crippen LogP contribution in [0.2, 0.25) is 0 Å². The molecule has 2 nitrogen and oxygen atoms in total. The molecular weight excluding hydrogens is 367 g/mol. The van der Waals surface area contributed by atoms with Gasteiger partial charge in [-0.2, -0.15) is 13.2 Å². The highest BCUT2D eigenvalue weighted by Crippen LogP contribution is 2.34. The maximum atomic E-state index is 12.4. The highest BCUT2D eigenvalue weighted by atomic mass is 127. The Bertz CT molecular complexity index is 483. The molecule has 84 valence electrons. The Hall–Kier alpha value is -0.0200. The van der Waals surface area contributed by atoms with Crippen molar-refractivity contribution < 1.29 is 21.6 Å². The average Bonchev–Trinajstić information content (AvgIpc) is 2.00. The maximum Gasteiger partial charge on any atom is 0.417 e. The summed E-state index contributed by atoms with van der Waals surface area (Å²) in [5.74, 6) is 0. The number of alkyl halides is 3. The lowest BCUT2D eigenvalue weighted by atomic mass is 10.2. The van der Waals surface area contributed by atoms with Crippen LogP contribution in [0.4, 0.5) is 13.2 Å². The van der Waals surface area contributed by atoms with E-state index < -0.39 is 25.7 Å². The van der Waals surface area contributed by atoms with Crippen LogP contribution in [0.3, 0.4) is 0 Å². The zero-order chi connectivity index (χ0) is 11.9. The van der Waals surface area contributed by atoms with E-state index in [9.17, 15) is 21.6 Å². The van der Waals surface area contributed by atoms with E-state index in [0.29, 0.717) is 6.07 Å². The number of benzene rings is 1. The van der Waals surface area contributed by atoms with E-state index in [1.54, 1.807) is 0 Å². The average molecular weight is 371 g/mol. The van der Waals surface area contributed by atoms with Crippen molar-refractivity contribution in [3.05, 3.63) is 27.3 Å². The number of rotatable bonds is 1. The summed E-state index contributed by atoms with van der Waals surface area (Å²) in [6.07, 6.45) is -4.59. The molecule has 0 bridgehead atoms. The fourth-order valence-corrected chi connectivity index (χ4v) is 2.29. The molecule has 0 unspecified atom stereocenters. The molecule has 0 aliphatic rings. The normalized spacial score (nSPS) is 12.9. The Balaban J connectivity index is 3.43. The summed E-state index contributed by atoms with van der Waals surface area (Å²) in [4.78, 5) is -0.558. The molecular formula is C7H3ClF3IO2S. The van der Waals surface area contributed by atoms with E-state index in [-0.39, 0.29) is 3.57 Å². The summed E-state index contributed by atoms with van der Waals surface area (Å²) in [5, 5.41) is 0. The van der Waals surface area contributed by atoms with Crippen molar-refractivity contribution in [3.63, 3.8) is 0 Å². The largest absolute Gasteiger partial charge is 0.417 e. The van der Waals surface area contributed by atoms with Gasteiger partial charge in [-0.1, -0.05) is 0 Å². The summed E-state index contributed by atoms with van der Waals surface area (Å²) in [7, 11) is 0.802. The molecule has 1 aromatic rings. The molecule has 1 rings (SSSR count). The van der Waals surface area contributed by atoms with Gasteiger partial charge in [0, 0.05) is 14.3 Å². The van der Waals surface area contributed by atoms with Crippen molar-refractivity contribution in [1.29, 1.82) is 0 Å². The van der Waals surface area contributed by atoms with Gasteiger partial charge in [0.1, 0.15) is 0 Å². The Kier molecular flexibility index (Phi) is 3.56. The minimum absolute atomic E-state index is 0.0795. The smallest absolute Gasteiger partial charge is 0.207 e. The molecule has 0 aromatic heterocycles. The first-order valence-electron chi connectivity index (χ1n) is 3.44. The van der Waals surface area contributed by atoms with Gasteiger partial charge in [-0.05, 0) is 40.8 Å². The summed E-state index contributed by atoms with van der Waals surface area (Å²) >= 11 is 1.47. The molecule has 0 saturated carbocycles. The van der Waals surface area contributed by atoms with E-state index in [1.165, 1.54) is 22.6 Å². The van der Waals surface area contributed by atoms with Crippen LogP contribution in [0.15, 0.2) is 23.1 Å². The van der Waals surface area contributed by atoms with Crippen LogP contribution < -0.4 is 0 Å². The maximum absolute atomic E-state index is 12.4. The fourth-order valence-electron chi connectivity index (χ4n) is 0.873. The van der Waals surface area contributed by atoms with Crippen LogP contribution in [0.25, 0.3) is 0 Å². The molecule has 1 aromatic carbocycles. The van der Waals surface area contributed by atoms with E-state index in [1.807, 2.05) is 0 Å². The lowest BCUT2D eigenvalue weighted by Gasteiger charge is -2.09. The SMILES string of the molecule is O=S(=O)(Cl)c1ccc(I)c(C(F)(F)F)c1. The van der Waals surface area contributed by atoms with Gasteiger partial charge in [0.2, 0.25) is 0 Å². The molecule has 0 spiro atoms. The van der Waals surface area contributed by atoms with E-state index >= 15 is 0 Å². The minimum Gasteiger partial charge on any atom is -0.207 e. The second-order valence-electron chi connectivity index (χ2n) is 2.58. The zero-order valence-electron chi connectivity index (χ0n) is 6.85. The highest BCUT2D eigenvalue weighted by Gasteiger charge is 2.34. The molecule has 15 heavy (non-hydrogen) atoms. The van der Waals surface area contributed by atoms with Crippen LogP contribution >= 0.6 is 33.3 Å². The van der Waals surface area contributed by atoms with Gasteiger partial charge in [0.15, 0.2) is 0 Å². The second-order valence-corrected chi connectivity index (χ2v) is 6.31. The van der Waals surface area contributed by atoms with Gasteiger partial charge in [0.05, 0.1) is 10.5 Å². The zero-order valence-corrected chi connectivity index (χ0v) is 10.6. The second kappa shape index (κ2) is 4.10. The summed E-state index contributed by atoms with van der Waals surface area (Å²) in [5.41, 5.74) is -1.01. The van der Waals surface area contributed by atoms with Crippen LogP contribution in [0.1, 0.15) is 5.56 Å². The van der Waals surface area contributed by atoms with Gasteiger partial charge in [-0.3, -0.25) is 0 Å². The number of hydrogen-bond acceptors (Lipinski definition) is 2. The molecule has 0 amide bonds. The minimum atomic E-state index is -4.59. The summed E-state index contributed by atoms with van der Waals surface area (Å²) in [6, 6.07) is 2.60. The lowest BCUT2D eigenvalue weighted by Crippen LogP contribution is -2.08.